The molecule has 11 nitrogen and oxygen atoms in total. The Morgan fingerprint density at radius 2 is 1.84 bits per heavy atom. The summed E-state index contributed by atoms with van der Waals surface area (Å²) in [7, 11) is -1.04. The Morgan fingerprint density at radius 3 is 2.38 bits per heavy atom. The summed E-state index contributed by atoms with van der Waals surface area (Å²) in [5.74, 6) is 0.688. The lowest BCUT2D eigenvalue weighted by atomic mass is 10.1. The number of sulfonamides is 1. The fourth-order valence-corrected chi connectivity index (χ4v) is 4.73. The van der Waals surface area contributed by atoms with Gasteiger partial charge < -0.3 is 9.47 Å². The Morgan fingerprint density at radius 1 is 1.16 bits per heavy atom. The molecule has 0 amide bonds. The molecule has 0 bridgehead atoms. The van der Waals surface area contributed by atoms with E-state index in [2.05, 4.69) is 36.6 Å². The first-order valence-corrected chi connectivity index (χ1v) is 13.0. The first-order valence-electron chi connectivity index (χ1n) is 11.1. The summed E-state index contributed by atoms with van der Waals surface area (Å²) in [5.41, 5.74) is 1.01. The third-order valence-corrected chi connectivity index (χ3v) is 7.53. The normalized spacial score (nSPS) is 14.1. The molecule has 0 aliphatic heterocycles. The number of aromatic nitrogens is 4. The lowest BCUT2D eigenvalue weighted by Crippen LogP contribution is -2.35. The van der Waals surface area contributed by atoms with Crippen LogP contribution in [0.25, 0.3) is 17.1 Å². The van der Waals surface area contributed by atoms with E-state index in [9.17, 15) is 8.42 Å². The van der Waals surface area contributed by atoms with Gasteiger partial charge in [-0.25, -0.2) is 18.4 Å². The zero-order chi connectivity index (χ0) is 27.2. The zero-order valence-corrected chi connectivity index (χ0v) is 22.7. The number of halogens is 1. The van der Waals surface area contributed by atoms with Crippen LogP contribution < -0.4 is 14.2 Å². The smallest absolute Gasteiger partial charge is 0.243 e. The van der Waals surface area contributed by atoms with Gasteiger partial charge in [-0.3, -0.25) is 14.3 Å². The van der Waals surface area contributed by atoms with Crippen molar-refractivity contribution >= 4 is 40.1 Å². The first kappa shape index (κ1) is 27.8. The number of ether oxygens (including phenoxy) is 2. The molecule has 0 aliphatic carbocycles. The molecule has 0 fully saturated rings. The number of rotatable bonds is 10. The minimum absolute atomic E-state index is 0.0674. The number of para-hydroxylation sites is 1. The number of nitrogens with zero attached hydrogens (tertiary/aromatic N) is 6. The molecule has 0 unspecified atom stereocenters. The summed E-state index contributed by atoms with van der Waals surface area (Å²) in [6.07, 6.45) is 4.60. The highest BCUT2D eigenvalue weighted by molar-refractivity contribution is 7.93. The SMILES string of the molecule is C=N/C(=N\C=C(/C)Cl)[C@@H](C)[C@H](C)S(=O)(=O)Nc1nnc(-c2cccnc2)n1-c1c(OC)cccc1OC. The maximum atomic E-state index is 13.5. The van der Waals surface area contributed by atoms with Crippen LogP contribution >= 0.6 is 11.6 Å². The van der Waals surface area contributed by atoms with Crippen molar-refractivity contribution in [1.82, 2.24) is 19.7 Å². The van der Waals surface area contributed by atoms with Gasteiger partial charge >= 0.3 is 0 Å². The minimum Gasteiger partial charge on any atom is -0.494 e. The van der Waals surface area contributed by atoms with Crippen LogP contribution in [-0.2, 0) is 10.0 Å². The van der Waals surface area contributed by atoms with Crippen molar-refractivity contribution in [3.63, 3.8) is 0 Å². The molecule has 0 radical (unpaired) electrons. The molecule has 1 N–H and O–H groups in total. The quantitative estimate of drug-likeness (QED) is 0.296. The molecule has 0 spiro atoms. The molecule has 2 atom stereocenters. The van der Waals surface area contributed by atoms with Crippen LogP contribution in [0.1, 0.15) is 20.8 Å². The Hall–Kier alpha value is -3.77. The fraction of sp³-hybridized carbons (Fsp3) is 0.292. The van der Waals surface area contributed by atoms with Crippen LogP contribution in [0.2, 0.25) is 0 Å². The maximum absolute atomic E-state index is 13.5. The third-order valence-electron chi connectivity index (χ3n) is 5.58. The second-order valence-corrected chi connectivity index (χ2v) is 10.6. The number of allylic oxidation sites excluding steroid dienone is 1. The Bertz CT molecular complexity index is 1400. The van der Waals surface area contributed by atoms with Gasteiger partial charge in [0.2, 0.25) is 16.0 Å². The molecule has 1 aromatic carbocycles. The van der Waals surface area contributed by atoms with Crippen LogP contribution in [0.15, 0.2) is 63.9 Å². The predicted octanol–water partition coefficient (Wildman–Crippen LogP) is 4.31. The van der Waals surface area contributed by atoms with Gasteiger partial charge in [-0.05, 0) is 44.8 Å². The van der Waals surface area contributed by atoms with E-state index < -0.39 is 21.2 Å². The molecular weight excluding hydrogens is 518 g/mol. The molecule has 196 valence electrons. The van der Waals surface area contributed by atoms with Crippen molar-refractivity contribution in [2.75, 3.05) is 18.9 Å². The highest BCUT2D eigenvalue weighted by Crippen LogP contribution is 2.37. The topological polar surface area (TPSA) is 133 Å². The number of aliphatic imine (C=N–C) groups is 2. The van der Waals surface area contributed by atoms with Crippen LogP contribution in [0.3, 0.4) is 0 Å². The molecule has 3 rings (SSSR count). The van der Waals surface area contributed by atoms with Gasteiger partial charge in [0.1, 0.15) is 23.0 Å². The molecule has 0 aliphatic rings. The Labute approximate surface area is 221 Å². The number of pyridine rings is 1. The average molecular weight is 546 g/mol. The molecular formula is C24H28ClN7O4S. The molecule has 3 aromatic rings. The third kappa shape index (κ3) is 6.15. The van der Waals surface area contributed by atoms with Crippen LogP contribution in [0.4, 0.5) is 5.95 Å². The van der Waals surface area contributed by atoms with Crippen molar-refractivity contribution in [2.24, 2.45) is 15.9 Å². The fourth-order valence-electron chi connectivity index (χ4n) is 3.45. The number of nitrogens with one attached hydrogen (secondary N) is 1. The summed E-state index contributed by atoms with van der Waals surface area (Å²) in [4.78, 5) is 12.2. The van der Waals surface area contributed by atoms with Crippen LogP contribution in [-0.4, -0.2) is 60.2 Å². The molecule has 2 heterocycles. The number of anilines is 1. The van der Waals surface area contributed by atoms with E-state index in [1.165, 1.54) is 31.9 Å². The lowest BCUT2D eigenvalue weighted by molar-refractivity contribution is 0.391. The van der Waals surface area contributed by atoms with E-state index in [4.69, 9.17) is 21.1 Å². The van der Waals surface area contributed by atoms with Gasteiger partial charge in [0.15, 0.2) is 5.82 Å². The second-order valence-electron chi connectivity index (χ2n) is 7.94. The van der Waals surface area contributed by atoms with Crippen molar-refractivity contribution in [3.8, 4) is 28.6 Å². The largest absolute Gasteiger partial charge is 0.494 e. The monoisotopic (exact) mass is 545 g/mol. The van der Waals surface area contributed by atoms with E-state index in [1.54, 1.807) is 56.6 Å². The van der Waals surface area contributed by atoms with Gasteiger partial charge in [0.05, 0.1) is 19.5 Å². The first-order chi connectivity index (χ1) is 17.6. The number of methoxy groups -OCH3 is 2. The van der Waals surface area contributed by atoms with Crippen molar-refractivity contribution < 1.29 is 17.9 Å². The van der Waals surface area contributed by atoms with Gasteiger partial charge in [0, 0.05) is 35.1 Å². The lowest BCUT2D eigenvalue weighted by Gasteiger charge is -2.21. The number of hydrogen-bond donors (Lipinski definition) is 1. The molecule has 2 aromatic heterocycles. The molecule has 0 saturated heterocycles. The van der Waals surface area contributed by atoms with E-state index >= 15 is 0 Å². The van der Waals surface area contributed by atoms with Gasteiger partial charge in [-0.2, -0.15) is 0 Å². The average Bonchev–Trinajstić information content (AvgIpc) is 3.30. The van der Waals surface area contributed by atoms with E-state index in [0.29, 0.717) is 33.6 Å². The molecule has 13 heteroatoms. The van der Waals surface area contributed by atoms with Crippen molar-refractivity contribution in [2.45, 2.75) is 26.0 Å². The van der Waals surface area contributed by atoms with Crippen molar-refractivity contribution in [1.29, 1.82) is 0 Å². The van der Waals surface area contributed by atoms with Crippen molar-refractivity contribution in [3.05, 3.63) is 54.0 Å². The Kier molecular flexibility index (Phi) is 9.00. The second kappa shape index (κ2) is 12.0. The number of hydrogen-bond acceptors (Lipinski definition) is 8. The van der Waals surface area contributed by atoms with E-state index in [-0.39, 0.29) is 11.8 Å². The molecule has 37 heavy (non-hydrogen) atoms. The summed E-state index contributed by atoms with van der Waals surface area (Å²) >= 11 is 5.86. The highest BCUT2D eigenvalue weighted by atomic mass is 35.5. The zero-order valence-electron chi connectivity index (χ0n) is 21.1. The predicted molar refractivity (Wildman–Crippen MR) is 145 cm³/mol. The minimum atomic E-state index is -4.04. The summed E-state index contributed by atoms with van der Waals surface area (Å²) in [6, 6.07) is 8.71. The van der Waals surface area contributed by atoms with E-state index in [1.807, 2.05) is 0 Å². The Balaban J connectivity index is 2.14. The standard InChI is InChI=1S/C24H28ClN7O4S/c1-15(25)13-28-22(26-4)16(2)17(3)37(33,34)31-24-30-29-23(18-9-8-12-27-14-18)32(24)21-19(35-5)10-7-11-20(21)36-6/h7-14,16-17H,4H2,1-3,5-6H3,(H,30,31)/b15-13+,28-22-/t16-,17-/m0/s1. The molecule has 0 saturated carbocycles. The van der Waals surface area contributed by atoms with Gasteiger partial charge in [0.25, 0.3) is 0 Å². The number of amidine groups is 1. The van der Waals surface area contributed by atoms with Crippen LogP contribution in [0.5, 0.6) is 11.5 Å². The summed E-state index contributed by atoms with van der Waals surface area (Å²) < 4.78 is 42.2. The van der Waals surface area contributed by atoms with Crippen LogP contribution in [0, 0.1) is 5.92 Å². The maximum Gasteiger partial charge on any atom is 0.243 e. The van der Waals surface area contributed by atoms with Gasteiger partial charge in [-0.15, -0.1) is 10.2 Å². The van der Waals surface area contributed by atoms with E-state index in [0.717, 1.165) is 0 Å². The highest BCUT2D eigenvalue weighted by Gasteiger charge is 2.32. The number of benzene rings is 1. The summed E-state index contributed by atoms with van der Waals surface area (Å²) in [6.45, 7) is 8.38. The summed E-state index contributed by atoms with van der Waals surface area (Å²) in [5, 5.41) is 7.87. The van der Waals surface area contributed by atoms with Gasteiger partial charge in [-0.1, -0.05) is 24.6 Å².